The molecule has 24 heavy (non-hydrogen) atoms. The van der Waals surface area contributed by atoms with Gasteiger partial charge < -0.3 is 10.1 Å². The molecule has 5 nitrogen and oxygen atoms in total. The SMILES string of the molecule is O=C(Nc1ccc(OCc2ccccc2)c(Cl)c1)c1cnccn1. The highest BCUT2D eigenvalue weighted by atomic mass is 35.5. The molecule has 6 heteroatoms. The number of hydrogen-bond acceptors (Lipinski definition) is 4. The lowest BCUT2D eigenvalue weighted by atomic mass is 10.2. The number of amides is 1. The van der Waals surface area contributed by atoms with Crippen molar-refractivity contribution in [3.8, 4) is 5.75 Å². The summed E-state index contributed by atoms with van der Waals surface area (Å²) >= 11 is 6.22. The summed E-state index contributed by atoms with van der Waals surface area (Å²) in [5.41, 5.74) is 1.84. The number of halogens is 1. The Bertz CT molecular complexity index is 826. The van der Waals surface area contributed by atoms with E-state index in [9.17, 15) is 4.79 Å². The van der Waals surface area contributed by atoms with Crippen molar-refractivity contribution in [1.29, 1.82) is 0 Å². The Morgan fingerprint density at radius 2 is 1.96 bits per heavy atom. The van der Waals surface area contributed by atoms with Crippen LogP contribution in [0.1, 0.15) is 16.1 Å². The van der Waals surface area contributed by atoms with Crippen LogP contribution in [0.4, 0.5) is 5.69 Å². The molecule has 3 rings (SSSR count). The zero-order valence-electron chi connectivity index (χ0n) is 12.6. The molecule has 0 aliphatic carbocycles. The first kappa shape index (κ1) is 16.0. The fourth-order valence-electron chi connectivity index (χ4n) is 2.04. The zero-order valence-corrected chi connectivity index (χ0v) is 13.4. The lowest BCUT2D eigenvalue weighted by Gasteiger charge is -2.10. The Morgan fingerprint density at radius 1 is 1.12 bits per heavy atom. The van der Waals surface area contributed by atoms with E-state index in [-0.39, 0.29) is 11.6 Å². The highest BCUT2D eigenvalue weighted by Crippen LogP contribution is 2.28. The minimum atomic E-state index is -0.350. The number of ether oxygens (including phenoxy) is 1. The van der Waals surface area contributed by atoms with Crippen LogP contribution in [0.5, 0.6) is 5.75 Å². The molecule has 0 bridgehead atoms. The molecule has 120 valence electrons. The van der Waals surface area contributed by atoms with E-state index in [4.69, 9.17) is 16.3 Å². The minimum Gasteiger partial charge on any atom is -0.487 e. The molecular formula is C18H14ClN3O2. The highest BCUT2D eigenvalue weighted by molar-refractivity contribution is 6.32. The van der Waals surface area contributed by atoms with Gasteiger partial charge in [0.2, 0.25) is 0 Å². The van der Waals surface area contributed by atoms with Crippen LogP contribution in [0.15, 0.2) is 67.1 Å². The number of nitrogens with one attached hydrogen (secondary N) is 1. The number of rotatable bonds is 5. The zero-order chi connectivity index (χ0) is 16.8. The Labute approximate surface area is 144 Å². The van der Waals surface area contributed by atoms with Gasteiger partial charge in [0.1, 0.15) is 18.1 Å². The molecule has 1 amide bonds. The molecule has 0 spiro atoms. The van der Waals surface area contributed by atoms with E-state index in [0.29, 0.717) is 23.1 Å². The standard InChI is InChI=1S/C18H14ClN3O2/c19-15-10-14(22-18(23)16-11-20-8-9-21-16)6-7-17(15)24-12-13-4-2-1-3-5-13/h1-11H,12H2,(H,22,23). The Morgan fingerprint density at radius 3 is 2.67 bits per heavy atom. The Balaban J connectivity index is 1.65. The highest BCUT2D eigenvalue weighted by Gasteiger charge is 2.09. The molecule has 0 radical (unpaired) electrons. The van der Waals surface area contributed by atoms with Gasteiger partial charge in [0.15, 0.2) is 0 Å². The van der Waals surface area contributed by atoms with Crippen LogP contribution >= 0.6 is 11.6 Å². The van der Waals surface area contributed by atoms with Crippen LogP contribution in [0, 0.1) is 0 Å². The normalized spacial score (nSPS) is 10.2. The summed E-state index contributed by atoms with van der Waals surface area (Å²) in [6.45, 7) is 0.422. The van der Waals surface area contributed by atoms with Crippen LogP contribution in [0.25, 0.3) is 0 Å². The number of anilines is 1. The summed E-state index contributed by atoms with van der Waals surface area (Å²) < 4.78 is 5.70. The summed E-state index contributed by atoms with van der Waals surface area (Å²) in [6, 6.07) is 14.9. The summed E-state index contributed by atoms with van der Waals surface area (Å²) in [6.07, 6.45) is 4.36. The molecule has 1 N–H and O–H groups in total. The lowest BCUT2D eigenvalue weighted by molar-refractivity contribution is 0.102. The summed E-state index contributed by atoms with van der Waals surface area (Å²) in [4.78, 5) is 19.8. The second kappa shape index (κ2) is 7.57. The van der Waals surface area contributed by atoms with Crippen molar-refractivity contribution in [2.45, 2.75) is 6.61 Å². The quantitative estimate of drug-likeness (QED) is 0.764. The number of carbonyl (C=O) groups excluding carboxylic acids is 1. The Kier molecular flexibility index (Phi) is 5.03. The average molecular weight is 340 g/mol. The van der Waals surface area contributed by atoms with Crippen LogP contribution in [0.2, 0.25) is 5.02 Å². The second-order valence-corrected chi connectivity index (χ2v) is 5.37. The maximum atomic E-state index is 12.0. The number of benzene rings is 2. The average Bonchev–Trinajstić information content (AvgIpc) is 2.62. The molecule has 0 aliphatic heterocycles. The van der Waals surface area contributed by atoms with E-state index in [2.05, 4.69) is 15.3 Å². The van der Waals surface area contributed by atoms with Gasteiger partial charge in [0.05, 0.1) is 11.2 Å². The number of nitrogens with zero attached hydrogens (tertiary/aromatic N) is 2. The minimum absolute atomic E-state index is 0.234. The van der Waals surface area contributed by atoms with E-state index < -0.39 is 0 Å². The van der Waals surface area contributed by atoms with Crippen molar-refractivity contribution in [2.24, 2.45) is 0 Å². The van der Waals surface area contributed by atoms with E-state index in [1.807, 2.05) is 30.3 Å². The van der Waals surface area contributed by atoms with E-state index in [1.165, 1.54) is 18.6 Å². The summed E-state index contributed by atoms with van der Waals surface area (Å²) in [5, 5.41) is 3.14. The maximum Gasteiger partial charge on any atom is 0.275 e. The van der Waals surface area contributed by atoms with Crippen LogP contribution in [-0.4, -0.2) is 15.9 Å². The Hall–Kier alpha value is -2.92. The van der Waals surface area contributed by atoms with Crippen LogP contribution in [-0.2, 0) is 6.61 Å². The molecule has 0 fully saturated rings. The van der Waals surface area contributed by atoms with Gasteiger partial charge in [-0.05, 0) is 23.8 Å². The van der Waals surface area contributed by atoms with E-state index >= 15 is 0 Å². The van der Waals surface area contributed by atoms with Gasteiger partial charge in [-0.3, -0.25) is 9.78 Å². The molecule has 1 aromatic heterocycles. The van der Waals surface area contributed by atoms with Gasteiger partial charge >= 0.3 is 0 Å². The fraction of sp³-hybridized carbons (Fsp3) is 0.0556. The third-order valence-corrected chi connectivity index (χ3v) is 3.52. The molecule has 3 aromatic rings. The number of aromatic nitrogens is 2. The molecule has 0 saturated heterocycles. The lowest BCUT2D eigenvalue weighted by Crippen LogP contribution is -2.13. The predicted octanol–water partition coefficient (Wildman–Crippen LogP) is 3.96. The van der Waals surface area contributed by atoms with Crippen molar-refractivity contribution < 1.29 is 9.53 Å². The largest absolute Gasteiger partial charge is 0.487 e. The van der Waals surface area contributed by atoms with Gasteiger partial charge in [-0.1, -0.05) is 41.9 Å². The molecule has 0 saturated carbocycles. The predicted molar refractivity (Wildman–Crippen MR) is 92.2 cm³/mol. The first-order valence-electron chi connectivity index (χ1n) is 7.26. The molecule has 0 aliphatic rings. The number of carbonyl (C=O) groups is 1. The van der Waals surface area contributed by atoms with Gasteiger partial charge in [0.25, 0.3) is 5.91 Å². The van der Waals surface area contributed by atoms with Crippen molar-refractivity contribution >= 4 is 23.2 Å². The number of hydrogen-bond donors (Lipinski definition) is 1. The first-order chi connectivity index (χ1) is 11.7. The second-order valence-electron chi connectivity index (χ2n) is 4.96. The van der Waals surface area contributed by atoms with E-state index in [0.717, 1.165) is 5.56 Å². The van der Waals surface area contributed by atoms with Crippen molar-refractivity contribution in [3.05, 3.63) is 83.4 Å². The molecule has 0 unspecified atom stereocenters. The molecule has 2 aromatic carbocycles. The van der Waals surface area contributed by atoms with Crippen molar-refractivity contribution in [1.82, 2.24) is 9.97 Å². The topological polar surface area (TPSA) is 64.1 Å². The van der Waals surface area contributed by atoms with Crippen LogP contribution in [0.3, 0.4) is 0 Å². The van der Waals surface area contributed by atoms with Gasteiger partial charge in [0, 0.05) is 18.1 Å². The van der Waals surface area contributed by atoms with Gasteiger partial charge in [-0.15, -0.1) is 0 Å². The van der Waals surface area contributed by atoms with Crippen LogP contribution < -0.4 is 10.1 Å². The molecular weight excluding hydrogens is 326 g/mol. The maximum absolute atomic E-state index is 12.0. The molecule has 1 heterocycles. The monoisotopic (exact) mass is 339 g/mol. The first-order valence-corrected chi connectivity index (χ1v) is 7.64. The fourth-order valence-corrected chi connectivity index (χ4v) is 2.28. The third kappa shape index (κ3) is 4.08. The van der Waals surface area contributed by atoms with Crippen molar-refractivity contribution in [2.75, 3.05) is 5.32 Å². The smallest absolute Gasteiger partial charge is 0.275 e. The summed E-state index contributed by atoms with van der Waals surface area (Å²) in [5.74, 6) is 0.204. The van der Waals surface area contributed by atoms with Gasteiger partial charge in [-0.2, -0.15) is 0 Å². The summed E-state index contributed by atoms with van der Waals surface area (Å²) in [7, 11) is 0. The van der Waals surface area contributed by atoms with Gasteiger partial charge in [-0.25, -0.2) is 4.98 Å². The molecule has 0 atom stereocenters. The van der Waals surface area contributed by atoms with Crippen molar-refractivity contribution in [3.63, 3.8) is 0 Å². The third-order valence-electron chi connectivity index (χ3n) is 3.22. The van der Waals surface area contributed by atoms with E-state index in [1.54, 1.807) is 18.2 Å².